The van der Waals surface area contributed by atoms with Crippen LogP contribution in [0.2, 0.25) is 0 Å². The number of rotatable bonds is 15. The van der Waals surface area contributed by atoms with Gasteiger partial charge in [0.2, 0.25) is 5.91 Å². The standard InChI is InChI=1S/C40H48N2O3/c1-31(43)41-25-13-23-40(35-17-9-5-10-18-35,36-19-11-6-12-20-36)24-14-26-42(30-32-15-7-4-8-16-32)37-22-21-33-28-38(44-2)39(45-3)29-34(33)27-37/h4-12,15-20,28-29,37H,13-14,21-27,30H2,1-3H3,(H,41,43). The highest BCUT2D eigenvalue weighted by molar-refractivity contribution is 5.72. The highest BCUT2D eigenvalue weighted by Crippen LogP contribution is 2.41. The number of carbonyl (C=O) groups is 1. The van der Waals surface area contributed by atoms with E-state index in [2.05, 4.69) is 113 Å². The van der Waals surface area contributed by atoms with Crippen molar-refractivity contribution in [1.82, 2.24) is 10.2 Å². The molecule has 0 aromatic heterocycles. The fraction of sp³-hybridized carbons (Fsp3) is 0.375. The lowest BCUT2D eigenvalue weighted by molar-refractivity contribution is -0.118. The van der Waals surface area contributed by atoms with Crippen molar-refractivity contribution in [3.8, 4) is 11.5 Å². The zero-order chi connectivity index (χ0) is 31.5. The summed E-state index contributed by atoms with van der Waals surface area (Å²) in [5, 5.41) is 3.03. The predicted octanol–water partition coefficient (Wildman–Crippen LogP) is 7.75. The lowest BCUT2D eigenvalue weighted by atomic mass is 9.68. The van der Waals surface area contributed by atoms with Crippen LogP contribution < -0.4 is 14.8 Å². The van der Waals surface area contributed by atoms with E-state index in [1.165, 1.54) is 27.8 Å². The van der Waals surface area contributed by atoms with E-state index < -0.39 is 0 Å². The van der Waals surface area contributed by atoms with Gasteiger partial charge in [-0.25, -0.2) is 0 Å². The van der Waals surface area contributed by atoms with Crippen molar-refractivity contribution >= 4 is 5.91 Å². The van der Waals surface area contributed by atoms with Crippen molar-refractivity contribution in [2.24, 2.45) is 0 Å². The molecule has 0 bridgehead atoms. The first kappa shape index (κ1) is 32.3. The van der Waals surface area contributed by atoms with Crippen LogP contribution in [0.5, 0.6) is 11.5 Å². The van der Waals surface area contributed by atoms with Crippen molar-refractivity contribution in [3.05, 3.63) is 131 Å². The Bertz CT molecular complexity index is 1450. The van der Waals surface area contributed by atoms with Crippen molar-refractivity contribution in [2.45, 2.75) is 69.9 Å². The van der Waals surface area contributed by atoms with E-state index in [0.717, 1.165) is 69.5 Å². The SMILES string of the molecule is COc1cc2c(cc1OC)CC(N(CCCC(CCCNC(C)=O)(c1ccccc1)c1ccccc1)Cc1ccccc1)CC2. The maximum atomic E-state index is 11.7. The molecule has 5 rings (SSSR count). The second kappa shape index (κ2) is 15.8. The van der Waals surface area contributed by atoms with Gasteiger partial charge in [0, 0.05) is 31.5 Å². The third-order valence-electron chi connectivity index (χ3n) is 9.51. The minimum absolute atomic E-state index is 0.0293. The maximum Gasteiger partial charge on any atom is 0.216 e. The number of carbonyl (C=O) groups excluding carboxylic acids is 1. The number of nitrogens with zero attached hydrogens (tertiary/aromatic N) is 1. The average molecular weight is 605 g/mol. The van der Waals surface area contributed by atoms with Gasteiger partial charge in [0.05, 0.1) is 14.2 Å². The Kier molecular flexibility index (Phi) is 11.3. The number of nitrogens with one attached hydrogen (secondary N) is 1. The van der Waals surface area contributed by atoms with E-state index >= 15 is 0 Å². The van der Waals surface area contributed by atoms with Crippen LogP contribution in [0.25, 0.3) is 0 Å². The van der Waals surface area contributed by atoms with Crippen molar-refractivity contribution in [3.63, 3.8) is 0 Å². The van der Waals surface area contributed by atoms with Gasteiger partial charge in [0.25, 0.3) is 0 Å². The molecule has 4 aromatic carbocycles. The second-order valence-electron chi connectivity index (χ2n) is 12.3. The summed E-state index contributed by atoms with van der Waals surface area (Å²) in [4.78, 5) is 14.4. The van der Waals surface area contributed by atoms with Crippen LogP contribution in [-0.4, -0.2) is 44.2 Å². The Morgan fingerprint density at radius 1 is 0.800 bits per heavy atom. The minimum atomic E-state index is -0.136. The van der Waals surface area contributed by atoms with Crippen molar-refractivity contribution in [2.75, 3.05) is 27.3 Å². The van der Waals surface area contributed by atoms with Gasteiger partial charge in [-0.05, 0) is 91.4 Å². The molecule has 4 aromatic rings. The minimum Gasteiger partial charge on any atom is -0.493 e. The molecule has 0 fully saturated rings. The Morgan fingerprint density at radius 2 is 1.36 bits per heavy atom. The summed E-state index contributed by atoms with van der Waals surface area (Å²) in [5.74, 6) is 1.65. The number of amides is 1. The second-order valence-corrected chi connectivity index (χ2v) is 12.3. The smallest absolute Gasteiger partial charge is 0.216 e. The summed E-state index contributed by atoms with van der Waals surface area (Å²) >= 11 is 0. The molecule has 0 heterocycles. The first-order valence-electron chi connectivity index (χ1n) is 16.4. The number of aryl methyl sites for hydroxylation is 1. The molecule has 5 heteroatoms. The van der Waals surface area contributed by atoms with Gasteiger partial charge in [-0.15, -0.1) is 0 Å². The molecule has 5 nitrogen and oxygen atoms in total. The van der Waals surface area contributed by atoms with Crippen LogP contribution in [0.4, 0.5) is 0 Å². The van der Waals surface area contributed by atoms with E-state index in [1.54, 1.807) is 21.1 Å². The first-order valence-corrected chi connectivity index (χ1v) is 16.4. The third-order valence-corrected chi connectivity index (χ3v) is 9.51. The molecule has 0 aliphatic heterocycles. The van der Waals surface area contributed by atoms with Crippen LogP contribution >= 0.6 is 0 Å². The summed E-state index contributed by atoms with van der Waals surface area (Å²) in [6, 6.07) is 37.7. The van der Waals surface area contributed by atoms with Crippen molar-refractivity contribution < 1.29 is 14.3 Å². The molecular formula is C40H48N2O3. The molecule has 1 N–H and O–H groups in total. The number of benzene rings is 4. The van der Waals surface area contributed by atoms with Gasteiger partial charge in [0.1, 0.15) is 0 Å². The first-order chi connectivity index (χ1) is 22.0. The molecular weight excluding hydrogens is 556 g/mol. The number of hydrogen-bond donors (Lipinski definition) is 1. The fourth-order valence-corrected chi connectivity index (χ4v) is 7.21. The monoisotopic (exact) mass is 604 g/mol. The number of fused-ring (bicyclic) bond motifs is 1. The quantitative estimate of drug-likeness (QED) is 0.141. The van der Waals surface area contributed by atoms with Gasteiger partial charge in [-0.1, -0.05) is 91.0 Å². The predicted molar refractivity (Wildman–Crippen MR) is 183 cm³/mol. The molecule has 0 radical (unpaired) electrons. The van der Waals surface area contributed by atoms with Gasteiger partial charge >= 0.3 is 0 Å². The van der Waals surface area contributed by atoms with Gasteiger partial charge in [-0.2, -0.15) is 0 Å². The summed E-state index contributed by atoms with van der Waals surface area (Å²) in [5.41, 5.74) is 6.64. The molecule has 1 unspecified atom stereocenters. The topological polar surface area (TPSA) is 50.8 Å². The van der Waals surface area contributed by atoms with E-state index in [4.69, 9.17) is 9.47 Å². The summed E-state index contributed by atoms with van der Waals surface area (Å²) in [6.07, 6.45) is 7.13. The van der Waals surface area contributed by atoms with Crippen LogP contribution in [0.3, 0.4) is 0 Å². The molecule has 1 aliphatic carbocycles. The Balaban J connectivity index is 1.41. The van der Waals surface area contributed by atoms with E-state index in [9.17, 15) is 4.79 Å². The van der Waals surface area contributed by atoms with Crippen molar-refractivity contribution in [1.29, 1.82) is 0 Å². The molecule has 0 saturated heterocycles. The highest BCUT2D eigenvalue weighted by atomic mass is 16.5. The van der Waals surface area contributed by atoms with Crippen LogP contribution in [-0.2, 0) is 29.6 Å². The molecule has 0 saturated carbocycles. The number of hydrogen-bond acceptors (Lipinski definition) is 4. The average Bonchev–Trinajstić information content (AvgIpc) is 3.09. The highest BCUT2D eigenvalue weighted by Gasteiger charge is 2.34. The molecule has 1 atom stereocenters. The lowest BCUT2D eigenvalue weighted by Crippen LogP contribution is -2.40. The van der Waals surface area contributed by atoms with E-state index in [-0.39, 0.29) is 11.3 Å². The lowest BCUT2D eigenvalue weighted by Gasteiger charge is -2.39. The van der Waals surface area contributed by atoms with Gasteiger partial charge in [-0.3, -0.25) is 9.69 Å². The third kappa shape index (κ3) is 8.15. The van der Waals surface area contributed by atoms with E-state index in [0.29, 0.717) is 12.6 Å². The van der Waals surface area contributed by atoms with Crippen LogP contribution in [0.15, 0.2) is 103 Å². The Morgan fingerprint density at radius 3 is 1.93 bits per heavy atom. The fourth-order valence-electron chi connectivity index (χ4n) is 7.21. The number of ether oxygens (including phenoxy) is 2. The maximum absolute atomic E-state index is 11.7. The Hall–Kier alpha value is -4.09. The Labute approximate surface area is 269 Å². The van der Waals surface area contributed by atoms with Gasteiger partial charge < -0.3 is 14.8 Å². The number of methoxy groups -OCH3 is 2. The largest absolute Gasteiger partial charge is 0.493 e. The normalized spacial score (nSPS) is 14.5. The zero-order valence-electron chi connectivity index (χ0n) is 27.1. The molecule has 0 spiro atoms. The van der Waals surface area contributed by atoms with Crippen LogP contribution in [0.1, 0.15) is 66.8 Å². The zero-order valence-corrected chi connectivity index (χ0v) is 27.1. The van der Waals surface area contributed by atoms with Crippen LogP contribution in [0, 0.1) is 0 Å². The molecule has 236 valence electrons. The van der Waals surface area contributed by atoms with Gasteiger partial charge in [0.15, 0.2) is 11.5 Å². The van der Waals surface area contributed by atoms with E-state index in [1.807, 2.05) is 0 Å². The summed E-state index contributed by atoms with van der Waals surface area (Å²) < 4.78 is 11.3. The summed E-state index contributed by atoms with van der Waals surface area (Å²) in [7, 11) is 3.43. The molecule has 45 heavy (non-hydrogen) atoms. The summed E-state index contributed by atoms with van der Waals surface area (Å²) in [6.45, 7) is 4.22. The molecule has 1 amide bonds. The molecule has 1 aliphatic rings.